The minimum atomic E-state index is -0.799. The van der Waals surface area contributed by atoms with Crippen molar-refractivity contribution in [1.29, 1.82) is 0 Å². The molecule has 0 bridgehead atoms. The maximum atomic E-state index is 14.6. The van der Waals surface area contributed by atoms with Crippen LogP contribution >= 0.6 is 0 Å². The molecule has 0 aromatic heterocycles. The van der Waals surface area contributed by atoms with Crippen LogP contribution in [-0.2, 0) is 27.2 Å². The van der Waals surface area contributed by atoms with E-state index < -0.39 is 29.3 Å². The van der Waals surface area contributed by atoms with E-state index in [-0.39, 0.29) is 38.3 Å². The molecule has 2 heterocycles. The summed E-state index contributed by atoms with van der Waals surface area (Å²) in [7, 11) is 4.63. The van der Waals surface area contributed by atoms with Crippen LogP contribution in [0.3, 0.4) is 0 Å². The summed E-state index contributed by atoms with van der Waals surface area (Å²) in [6, 6.07) is 29.7. The summed E-state index contributed by atoms with van der Waals surface area (Å²) in [6.45, 7) is 16.4. The summed E-state index contributed by atoms with van der Waals surface area (Å²) < 4.78 is 67.7. The third-order valence-corrected chi connectivity index (χ3v) is 10.9. The Balaban J connectivity index is 1.38. The number of methoxy groups -OCH3 is 3. The van der Waals surface area contributed by atoms with Crippen LogP contribution in [0.4, 0.5) is 0 Å². The van der Waals surface area contributed by atoms with Crippen LogP contribution in [-0.4, -0.2) is 58.7 Å². The molecule has 3 atom stereocenters. The molecule has 356 valence electrons. The molecule has 12 nitrogen and oxygen atoms in total. The lowest BCUT2D eigenvalue weighted by atomic mass is 9.83. The Hall–Kier alpha value is -6.21. The van der Waals surface area contributed by atoms with Gasteiger partial charge in [-0.3, -0.25) is 4.79 Å². The number of ketones is 1. The van der Waals surface area contributed by atoms with E-state index in [0.29, 0.717) is 64.2 Å². The lowest BCUT2D eigenvalue weighted by Crippen LogP contribution is -2.25. The van der Waals surface area contributed by atoms with E-state index in [4.69, 9.17) is 52.1 Å². The quantitative estimate of drug-likeness (QED) is 0.0579. The van der Waals surface area contributed by atoms with Crippen molar-refractivity contribution in [2.45, 2.75) is 104 Å². The maximum absolute atomic E-state index is 14.6. The summed E-state index contributed by atoms with van der Waals surface area (Å²) in [4.78, 5) is 14.6. The van der Waals surface area contributed by atoms with Crippen molar-refractivity contribution in [3.63, 3.8) is 0 Å². The van der Waals surface area contributed by atoms with Gasteiger partial charge in [0.1, 0.15) is 81.6 Å². The second-order valence-corrected chi connectivity index (χ2v) is 18.9. The van der Waals surface area contributed by atoms with Crippen LogP contribution < -0.4 is 37.9 Å². The van der Waals surface area contributed by atoms with Crippen LogP contribution in [0.15, 0.2) is 103 Å². The van der Waals surface area contributed by atoms with Crippen LogP contribution in [0.1, 0.15) is 124 Å². The van der Waals surface area contributed by atoms with Gasteiger partial charge in [0.25, 0.3) is 0 Å². The highest BCUT2D eigenvalue weighted by Crippen LogP contribution is 2.55. The lowest BCUT2D eigenvalue weighted by molar-refractivity contribution is 0.0426. The van der Waals surface area contributed by atoms with Crippen molar-refractivity contribution < 1.29 is 56.9 Å². The van der Waals surface area contributed by atoms with E-state index in [1.54, 1.807) is 20.3 Å². The van der Waals surface area contributed by atoms with Gasteiger partial charge in [0, 0.05) is 56.2 Å². The molecule has 0 fully saturated rings. The Labute approximate surface area is 394 Å². The van der Waals surface area contributed by atoms with Crippen molar-refractivity contribution in [2.24, 2.45) is 0 Å². The Morgan fingerprint density at radius 3 is 1.85 bits per heavy atom. The van der Waals surface area contributed by atoms with Crippen molar-refractivity contribution in [3.8, 4) is 46.0 Å². The monoisotopic (exact) mass is 916 g/mol. The molecule has 0 saturated carbocycles. The predicted octanol–water partition coefficient (Wildman–Crippen LogP) is 12.0. The van der Waals surface area contributed by atoms with E-state index in [9.17, 15) is 4.79 Å². The van der Waals surface area contributed by atoms with Gasteiger partial charge in [0.15, 0.2) is 26.2 Å². The van der Waals surface area contributed by atoms with Gasteiger partial charge in [-0.1, -0.05) is 54.1 Å². The molecule has 0 amide bonds. The number of rotatable bonds is 19. The van der Waals surface area contributed by atoms with Crippen molar-refractivity contribution >= 4 is 5.78 Å². The first-order chi connectivity index (χ1) is 32.0. The number of carbonyl (C=O) groups excluding carboxylic acids is 1. The van der Waals surface area contributed by atoms with Crippen LogP contribution in [0.2, 0.25) is 0 Å². The van der Waals surface area contributed by atoms with Gasteiger partial charge in [-0.25, -0.2) is 0 Å². The van der Waals surface area contributed by atoms with Crippen molar-refractivity contribution in [3.05, 3.63) is 142 Å². The smallest absolute Gasteiger partial charge is 0.188 e. The average Bonchev–Trinajstić information content (AvgIpc) is 3.65. The zero-order chi connectivity index (χ0) is 47.9. The average molecular weight is 917 g/mol. The highest BCUT2D eigenvalue weighted by atomic mass is 16.7. The zero-order valence-corrected chi connectivity index (χ0v) is 40.6. The van der Waals surface area contributed by atoms with E-state index in [2.05, 4.69) is 18.2 Å². The molecule has 0 N–H and O–H groups in total. The molecule has 67 heavy (non-hydrogen) atoms. The Bertz CT molecular complexity index is 2480. The fourth-order valence-electron chi connectivity index (χ4n) is 8.18. The molecule has 0 saturated heterocycles. The number of ether oxygens (including phenoxy) is 11. The van der Waals surface area contributed by atoms with E-state index in [1.807, 2.05) is 128 Å². The maximum Gasteiger partial charge on any atom is 0.188 e. The molecule has 5 aromatic carbocycles. The normalized spacial score (nSPS) is 16.5. The molecule has 0 aliphatic carbocycles. The number of hydrogen-bond donors (Lipinski definition) is 0. The number of hydrogen-bond acceptors (Lipinski definition) is 12. The number of allylic oxidation sites excluding steroid dienone is 2. The number of carbonyl (C=O) groups is 1. The highest BCUT2D eigenvalue weighted by Gasteiger charge is 2.42. The van der Waals surface area contributed by atoms with Gasteiger partial charge in [-0.2, -0.15) is 0 Å². The van der Waals surface area contributed by atoms with Gasteiger partial charge in [0.2, 0.25) is 0 Å². The first-order valence-electron chi connectivity index (χ1n) is 22.6. The molecular weight excluding hydrogens is 853 g/mol. The summed E-state index contributed by atoms with van der Waals surface area (Å²) in [5.41, 5.74) is 5.48. The Morgan fingerprint density at radius 2 is 1.25 bits per heavy atom. The summed E-state index contributed by atoms with van der Waals surface area (Å²) in [5.74, 6) is 3.62. The summed E-state index contributed by atoms with van der Waals surface area (Å²) in [6.07, 6.45) is 1.15. The SMILES string of the molecule is COCOc1cc2c(cc1[C@H]1CC(=O)c3c(OCOC)cc(OCOC)c(CC=C(C)C)c3O1)[C@@H](c1cc(OC(C)(C)C)cc(OC(C)(C)C)c1)[C@@H](c1ccc(OCc3ccccc3)cc1)O2. The third kappa shape index (κ3) is 12.2. The fraction of sp³-hybridized carbons (Fsp3) is 0.400. The summed E-state index contributed by atoms with van der Waals surface area (Å²) in [5, 5.41) is 0. The lowest BCUT2D eigenvalue weighted by Gasteiger charge is -2.31. The van der Waals surface area contributed by atoms with Gasteiger partial charge >= 0.3 is 0 Å². The molecule has 2 aliphatic heterocycles. The third-order valence-electron chi connectivity index (χ3n) is 10.9. The number of Topliss-reactive ketones (excluding diaryl/α,β-unsaturated/α-hetero) is 1. The van der Waals surface area contributed by atoms with Crippen molar-refractivity contribution in [2.75, 3.05) is 41.7 Å². The zero-order valence-electron chi connectivity index (χ0n) is 40.6. The van der Waals surface area contributed by atoms with Gasteiger partial charge in [-0.15, -0.1) is 0 Å². The molecule has 5 aromatic rings. The summed E-state index contributed by atoms with van der Waals surface area (Å²) >= 11 is 0. The molecule has 0 unspecified atom stereocenters. The standard InChI is InChI=1S/C55H64O12/c1-34(2)17-22-41-45(61-31-57-9)29-49(63-33-59-11)51-44(56)27-47(65-53(41)51)42-26-43-48(28-46(42)62-32-58-10)64-52(36-18-20-38(21-19-36)60-30-35-15-13-12-14-16-35)50(43)37-23-39(66-54(3,4)5)25-40(24-37)67-55(6,7)8/h12-21,23-26,28-29,47,50,52H,22,27,30-33H2,1-11H3/t47-,50-,52-/m1/s1. The van der Waals surface area contributed by atoms with Crippen molar-refractivity contribution in [1.82, 2.24) is 0 Å². The topological polar surface area (TPSA) is 119 Å². The number of benzene rings is 5. The van der Waals surface area contributed by atoms with Crippen LogP contribution in [0.5, 0.6) is 46.0 Å². The minimum absolute atomic E-state index is 0.0172. The largest absolute Gasteiger partial charge is 0.489 e. The molecule has 0 radical (unpaired) electrons. The first-order valence-corrected chi connectivity index (χ1v) is 22.6. The molecule has 12 heteroatoms. The van der Waals surface area contributed by atoms with Gasteiger partial charge in [-0.05, 0) is 109 Å². The molecule has 0 spiro atoms. The second kappa shape index (κ2) is 21.2. The second-order valence-electron chi connectivity index (χ2n) is 18.9. The molecular formula is C55H64O12. The molecule has 7 rings (SSSR count). The predicted molar refractivity (Wildman–Crippen MR) is 255 cm³/mol. The van der Waals surface area contributed by atoms with Gasteiger partial charge in [0.05, 0.1) is 12.3 Å². The molecule has 2 aliphatic rings. The minimum Gasteiger partial charge on any atom is -0.489 e. The number of fused-ring (bicyclic) bond motifs is 2. The van der Waals surface area contributed by atoms with Crippen LogP contribution in [0.25, 0.3) is 0 Å². The Morgan fingerprint density at radius 1 is 0.642 bits per heavy atom. The fourth-order valence-corrected chi connectivity index (χ4v) is 8.18. The van der Waals surface area contributed by atoms with Crippen LogP contribution in [0, 0.1) is 0 Å². The first kappa shape index (κ1) is 48.7. The van der Waals surface area contributed by atoms with E-state index in [1.165, 1.54) is 7.11 Å². The van der Waals surface area contributed by atoms with E-state index >= 15 is 0 Å². The highest BCUT2D eigenvalue weighted by molar-refractivity contribution is 6.03. The van der Waals surface area contributed by atoms with E-state index in [0.717, 1.165) is 33.6 Å². The Kier molecular flexibility index (Phi) is 15.4. The van der Waals surface area contributed by atoms with Gasteiger partial charge < -0.3 is 52.1 Å².